The number of rotatable bonds is 5. The highest BCUT2D eigenvalue weighted by atomic mass is 32.2. The summed E-state index contributed by atoms with van der Waals surface area (Å²) in [6.07, 6.45) is -0.693. The third-order valence-electron chi connectivity index (χ3n) is 2.43. The Morgan fingerprint density at radius 3 is 2.25 bits per heavy atom. The van der Waals surface area contributed by atoms with Crippen LogP contribution in [0.1, 0.15) is 5.56 Å². The Labute approximate surface area is 112 Å². The highest BCUT2D eigenvalue weighted by Gasteiger charge is 2.53. The van der Waals surface area contributed by atoms with Gasteiger partial charge in [-0.3, -0.25) is 4.79 Å². The number of ether oxygens (including phenoxy) is 1. The lowest BCUT2D eigenvalue weighted by Crippen LogP contribution is -2.42. The Bertz CT molecular complexity index is 553. The summed E-state index contributed by atoms with van der Waals surface area (Å²) in [5.41, 5.74) is -5.36. The molecule has 0 aromatic heterocycles. The second-order valence-electron chi connectivity index (χ2n) is 3.76. The Kier molecular flexibility index (Phi) is 5.12. The van der Waals surface area contributed by atoms with Gasteiger partial charge in [0.05, 0.1) is 0 Å². The number of hydrogen-bond donors (Lipinski definition) is 1. The molecule has 20 heavy (non-hydrogen) atoms. The molecule has 1 N–H and O–H groups in total. The molecule has 1 atom stereocenters. The quantitative estimate of drug-likeness (QED) is 0.649. The van der Waals surface area contributed by atoms with E-state index in [0.29, 0.717) is 0 Å². The zero-order valence-corrected chi connectivity index (χ0v) is 10.8. The highest BCUT2D eigenvalue weighted by molar-refractivity contribution is 7.93. The van der Waals surface area contributed by atoms with Crippen molar-refractivity contribution in [3.05, 3.63) is 35.9 Å². The van der Waals surface area contributed by atoms with Gasteiger partial charge in [0.25, 0.3) is 9.84 Å². The van der Waals surface area contributed by atoms with Crippen LogP contribution in [-0.2, 0) is 25.8 Å². The van der Waals surface area contributed by atoms with E-state index in [1.807, 2.05) is 0 Å². The summed E-state index contributed by atoms with van der Waals surface area (Å²) in [6, 6.07) is 7.33. The molecule has 0 fully saturated rings. The molecule has 0 heterocycles. The average Bonchev–Trinajstić information content (AvgIpc) is 2.36. The van der Waals surface area contributed by atoms with E-state index in [1.165, 1.54) is 24.3 Å². The Balaban J connectivity index is 3.13. The molecule has 0 radical (unpaired) electrons. The van der Waals surface area contributed by atoms with Crippen LogP contribution >= 0.6 is 0 Å². The van der Waals surface area contributed by atoms with E-state index in [0.717, 1.165) is 0 Å². The second kappa shape index (κ2) is 6.23. The predicted octanol–water partition coefficient (Wildman–Crippen LogP) is 1.03. The SMILES string of the molecule is O=C(OCO)C(Cc1ccccc1)S(=O)(=O)C(F)(F)F. The summed E-state index contributed by atoms with van der Waals surface area (Å²) >= 11 is 0. The van der Waals surface area contributed by atoms with E-state index in [4.69, 9.17) is 5.11 Å². The molecule has 1 aromatic carbocycles. The van der Waals surface area contributed by atoms with Gasteiger partial charge < -0.3 is 9.84 Å². The largest absolute Gasteiger partial charge is 0.498 e. The number of carbonyl (C=O) groups is 1. The molecule has 1 aromatic rings. The van der Waals surface area contributed by atoms with Crippen LogP contribution in [0.25, 0.3) is 0 Å². The van der Waals surface area contributed by atoms with E-state index in [-0.39, 0.29) is 5.56 Å². The molecule has 0 saturated heterocycles. The lowest BCUT2D eigenvalue weighted by atomic mass is 10.1. The predicted molar refractivity (Wildman–Crippen MR) is 62.1 cm³/mol. The summed E-state index contributed by atoms with van der Waals surface area (Å²) in [5, 5.41) is 5.95. The van der Waals surface area contributed by atoms with Gasteiger partial charge in [-0.15, -0.1) is 0 Å². The molecule has 0 aliphatic heterocycles. The van der Waals surface area contributed by atoms with Crippen LogP contribution in [0.3, 0.4) is 0 Å². The van der Waals surface area contributed by atoms with E-state index in [9.17, 15) is 26.4 Å². The highest BCUT2D eigenvalue weighted by Crippen LogP contribution is 2.29. The molecule has 0 aliphatic carbocycles. The second-order valence-corrected chi connectivity index (χ2v) is 5.88. The lowest BCUT2D eigenvalue weighted by Gasteiger charge is -2.17. The summed E-state index contributed by atoms with van der Waals surface area (Å²) in [6.45, 7) is -1.20. The van der Waals surface area contributed by atoms with Gasteiger partial charge in [0, 0.05) is 6.42 Å². The van der Waals surface area contributed by atoms with Gasteiger partial charge in [-0.2, -0.15) is 13.2 Å². The van der Waals surface area contributed by atoms with Crippen molar-refractivity contribution >= 4 is 15.8 Å². The topological polar surface area (TPSA) is 80.7 Å². The number of benzene rings is 1. The number of carbonyl (C=O) groups excluding carboxylic acids is 1. The summed E-state index contributed by atoms with van der Waals surface area (Å²) in [4.78, 5) is 11.4. The van der Waals surface area contributed by atoms with Gasteiger partial charge in [-0.25, -0.2) is 8.42 Å². The summed E-state index contributed by atoms with van der Waals surface area (Å²) in [7, 11) is -5.74. The Morgan fingerprint density at radius 2 is 1.80 bits per heavy atom. The monoisotopic (exact) mass is 312 g/mol. The van der Waals surface area contributed by atoms with Crippen molar-refractivity contribution in [3.63, 3.8) is 0 Å². The van der Waals surface area contributed by atoms with Crippen LogP contribution in [-0.4, -0.2) is 37.0 Å². The van der Waals surface area contributed by atoms with Crippen LogP contribution in [0.5, 0.6) is 0 Å². The summed E-state index contributed by atoms with van der Waals surface area (Å²) < 4.78 is 64.3. The smallest absolute Gasteiger partial charge is 0.438 e. The zero-order chi connectivity index (χ0) is 15.4. The molecule has 0 spiro atoms. The Hall–Kier alpha value is -1.61. The maximum atomic E-state index is 12.5. The minimum absolute atomic E-state index is 0.222. The van der Waals surface area contributed by atoms with Gasteiger partial charge >= 0.3 is 11.5 Å². The first-order valence-electron chi connectivity index (χ1n) is 5.31. The molecule has 0 saturated carbocycles. The molecular weight excluding hydrogens is 301 g/mol. The number of sulfone groups is 1. The fraction of sp³-hybridized carbons (Fsp3) is 0.364. The van der Waals surface area contributed by atoms with E-state index >= 15 is 0 Å². The van der Waals surface area contributed by atoms with Crippen molar-refractivity contribution in [2.45, 2.75) is 17.2 Å². The number of esters is 1. The molecule has 1 unspecified atom stereocenters. The Morgan fingerprint density at radius 1 is 1.25 bits per heavy atom. The molecular formula is C11H11F3O5S. The first-order chi connectivity index (χ1) is 9.20. The van der Waals surface area contributed by atoms with Gasteiger partial charge in [-0.05, 0) is 5.56 Å². The van der Waals surface area contributed by atoms with Crippen molar-refractivity contribution in [1.29, 1.82) is 0 Å². The van der Waals surface area contributed by atoms with Crippen LogP contribution in [0.15, 0.2) is 30.3 Å². The van der Waals surface area contributed by atoms with E-state index in [1.54, 1.807) is 6.07 Å². The fourth-order valence-electron chi connectivity index (χ4n) is 1.47. The number of aliphatic hydroxyl groups is 1. The van der Waals surface area contributed by atoms with Crippen LogP contribution in [0, 0.1) is 0 Å². The van der Waals surface area contributed by atoms with E-state index in [2.05, 4.69) is 4.74 Å². The number of halogens is 3. The maximum absolute atomic E-state index is 12.5. The van der Waals surface area contributed by atoms with Crippen molar-refractivity contribution in [3.8, 4) is 0 Å². The minimum atomic E-state index is -5.74. The standard InChI is InChI=1S/C11H11F3O5S/c12-11(13,14)20(17,18)9(10(16)19-7-15)6-8-4-2-1-3-5-8/h1-5,9,15H,6-7H2. The van der Waals surface area contributed by atoms with Crippen molar-refractivity contribution in [2.24, 2.45) is 0 Å². The molecule has 5 nitrogen and oxygen atoms in total. The average molecular weight is 312 g/mol. The molecule has 112 valence electrons. The third-order valence-corrected chi connectivity index (χ3v) is 4.18. The zero-order valence-electron chi connectivity index (χ0n) is 10.0. The van der Waals surface area contributed by atoms with Crippen LogP contribution in [0.2, 0.25) is 0 Å². The fourth-order valence-corrected chi connectivity index (χ4v) is 2.52. The van der Waals surface area contributed by atoms with Gasteiger partial charge in [0.1, 0.15) is 0 Å². The van der Waals surface area contributed by atoms with Crippen molar-refractivity contribution in [1.82, 2.24) is 0 Å². The van der Waals surface area contributed by atoms with Crippen LogP contribution in [0.4, 0.5) is 13.2 Å². The molecule has 0 bridgehead atoms. The number of alkyl halides is 3. The minimum Gasteiger partial charge on any atom is -0.438 e. The van der Waals surface area contributed by atoms with Gasteiger partial charge in [0.15, 0.2) is 12.0 Å². The third kappa shape index (κ3) is 3.70. The van der Waals surface area contributed by atoms with Crippen molar-refractivity contribution in [2.75, 3.05) is 6.79 Å². The first kappa shape index (κ1) is 16.4. The maximum Gasteiger partial charge on any atom is 0.498 e. The first-order valence-corrected chi connectivity index (χ1v) is 6.86. The van der Waals surface area contributed by atoms with Gasteiger partial charge in [0.2, 0.25) is 0 Å². The number of hydrogen-bond acceptors (Lipinski definition) is 5. The van der Waals surface area contributed by atoms with Gasteiger partial charge in [-0.1, -0.05) is 30.3 Å². The number of aliphatic hydroxyl groups excluding tert-OH is 1. The van der Waals surface area contributed by atoms with E-state index < -0.39 is 39.8 Å². The lowest BCUT2D eigenvalue weighted by molar-refractivity contribution is -0.151. The molecule has 0 amide bonds. The summed E-state index contributed by atoms with van der Waals surface area (Å²) in [5.74, 6) is -1.64. The normalized spacial score (nSPS) is 13.8. The molecule has 9 heteroatoms. The molecule has 0 aliphatic rings. The van der Waals surface area contributed by atoms with Crippen LogP contribution < -0.4 is 0 Å². The van der Waals surface area contributed by atoms with Crippen molar-refractivity contribution < 1.29 is 36.2 Å². The molecule has 1 rings (SSSR count).